The van der Waals surface area contributed by atoms with Crippen molar-refractivity contribution >= 4 is 39.0 Å². The lowest BCUT2D eigenvalue weighted by molar-refractivity contribution is 0.669. The lowest BCUT2D eigenvalue weighted by Gasteiger charge is -2.28. The minimum atomic E-state index is -0.122. The second-order valence-corrected chi connectivity index (χ2v) is 17.3. The van der Waals surface area contributed by atoms with Crippen molar-refractivity contribution in [3.63, 3.8) is 0 Å². The summed E-state index contributed by atoms with van der Waals surface area (Å²) in [6.45, 7) is 6.68. The van der Waals surface area contributed by atoms with E-state index in [0.717, 1.165) is 50.1 Å². The summed E-state index contributed by atoms with van der Waals surface area (Å²) in [5.41, 5.74) is 22.2. The Hall–Kier alpha value is -8.20. The van der Waals surface area contributed by atoms with Crippen LogP contribution in [-0.2, 0) is 0 Å². The van der Waals surface area contributed by atoms with Crippen LogP contribution >= 0.6 is 0 Å². The van der Waals surface area contributed by atoms with Crippen LogP contribution in [0.25, 0.3) is 66.4 Å². The highest BCUT2D eigenvalue weighted by Gasteiger charge is 2.28. The second-order valence-electron chi connectivity index (χ2n) is 17.3. The van der Waals surface area contributed by atoms with Gasteiger partial charge in [0.05, 0.1) is 5.69 Å². The van der Waals surface area contributed by atoms with Crippen molar-refractivity contribution in [2.24, 2.45) is 0 Å². The molecular weight excluding hydrogens is 799 g/mol. The smallest absolute Gasteiger partial charge is 0.159 e. The van der Waals surface area contributed by atoms with Crippen LogP contribution in [-0.4, -0.2) is 0 Å². The van der Waals surface area contributed by atoms with Gasteiger partial charge >= 0.3 is 0 Å². The number of hydrogen-bond acceptors (Lipinski definition) is 2. The number of benzene rings is 10. The number of aryl methyl sites for hydroxylation is 3. The van der Waals surface area contributed by atoms with Crippen molar-refractivity contribution in [2.75, 3.05) is 4.90 Å². The predicted molar refractivity (Wildman–Crippen MR) is 278 cm³/mol. The first-order chi connectivity index (χ1) is 32.5. The first-order valence-electron chi connectivity index (χ1n) is 22.9. The fourth-order valence-corrected chi connectivity index (χ4v) is 10.1. The Morgan fingerprint density at radius 2 is 0.788 bits per heavy atom. The van der Waals surface area contributed by atoms with E-state index in [1.807, 2.05) is 12.1 Å². The number of hydrogen-bond donors (Lipinski definition) is 0. The monoisotopic (exact) mass is 847 g/mol. The maximum Gasteiger partial charge on any atom is 0.159 e. The van der Waals surface area contributed by atoms with Crippen LogP contribution in [0.1, 0.15) is 39.3 Å². The molecule has 0 N–H and O–H groups in total. The molecule has 316 valence electrons. The fraction of sp³-hybridized carbons (Fsp3) is 0.0625. The number of nitrogens with zero attached hydrogens (tertiary/aromatic N) is 1. The Labute approximate surface area is 387 Å². The van der Waals surface area contributed by atoms with Gasteiger partial charge in [0.2, 0.25) is 0 Å². The molecule has 0 unspecified atom stereocenters. The van der Waals surface area contributed by atoms with E-state index in [-0.39, 0.29) is 5.92 Å². The van der Waals surface area contributed by atoms with E-state index in [1.165, 1.54) is 66.8 Å². The Kier molecular flexibility index (Phi) is 10.7. The molecule has 0 fully saturated rings. The normalized spacial score (nSPS) is 11.4. The molecule has 0 bridgehead atoms. The van der Waals surface area contributed by atoms with Gasteiger partial charge in [0.15, 0.2) is 5.58 Å². The first kappa shape index (κ1) is 40.6. The topological polar surface area (TPSA) is 16.4 Å². The number of para-hydroxylation sites is 3. The van der Waals surface area contributed by atoms with E-state index in [2.05, 4.69) is 250 Å². The molecule has 1 heterocycles. The standard InChI is InChI=1S/C64H49NO/c1-43-20-7-10-25-50(43)53-28-13-15-31-57(53)63(58-32-16-14-29-54(58)51-26-11-8-21-44(51)2)60-42-47(38-41-55(60)52-27-12-9-22-45(52)3)46-36-39-49(40-37-46)65(48-23-5-4-6-24-48)61-34-19-33-59-56-30-17-18-35-62(56)66-64(59)61/h4-42,63H,1-3H3. The molecule has 0 atom stereocenters. The third-order valence-electron chi connectivity index (χ3n) is 13.3. The molecule has 1 aromatic heterocycles. The van der Waals surface area contributed by atoms with E-state index in [4.69, 9.17) is 4.42 Å². The van der Waals surface area contributed by atoms with Gasteiger partial charge in [-0.3, -0.25) is 0 Å². The largest absolute Gasteiger partial charge is 0.454 e. The van der Waals surface area contributed by atoms with Gasteiger partial charge in [-0.2, -0.15) is 0 Å². The van der Waals surface area contributed by atoms with Crippen molar-refractivity contribution in [2.45, 2.75) is 26.7 Å². The Balaban J connectivity index is 1.12. The molecule has 0 saturated carbocycles. The number of anilines is 3. The average Bonchev–Trinajstić information content (AvgIpc) is 3.75. The summed E-state index contributed by atoms with van der Waals surface area (Å²) in [7, 11) is 0. The minimum Gasteiger partial charge on any atom is -0.454 e. The molecule has 0 spiro atoms. The van der Waals surface area contributed by atoms with Crippen LogP contribution in [0.15, 0.2) is 241 Å². The van der Waals surface area contributed by atoms with E-state index < -0.39 is 0 Å². The Morgan fingerprint density at radius 3 is 1.38 bits per heavy atom. The maximum atomic E-state index is 6.61. The number of furan rings is 1. The molecule has 11 aromatic rings. The molecule has 2 heteroatoms. The van der Waals surface area contributed by atoms with Crippen molar-refractivity contribution in [1.29, 1.82) is 0 Å². The van der Waals surface area contributed by atoms with Crippen molar-refractivity contribution in [3.05, 3.63) is 270 Å². The molecule has 0 saturated heterocycles. The molecule has 0 amide bonds. The molecular formula is C64H49NO. The van der Waals surface area contributed by atoms with Crippen LogP contribution in [0, 0.1) is 20.8 Å². The van der Waals surface area contributed by atoms with Crippen molar-refractivity contribution in [3.8, 4) is 44.5 Å². The lowest BCUT2D eigenvalue weighted by Crippen LogP contribution is -2.10. The van der Waals surface area contributed by atoms with Crippen LogP contribution in [0.2, 0.25) is 0 Å². The number of rotatable bonds is 10. The van der Waals surface area contributed by atoms with Crippen molar-refractivity contribution < 1.29 is 4.42 Å². The van der Waals surface area contributed by atoms with E-state index >= 15 is 0 Å². The summed E-state index contributed by atoms with van der Waals surface area (Å²) in [5.74, 6) is -0.122. The Morgan fingerprint density at radius 1 is 0.333 bits per heavy atom. The van der Waals surface area contributed by atoms with E-state index in [0.29, 0.717) is 0 Å². The Bertz CT molecular complexity index is 3430. The van der Waals surface area contributed by atoms with Crippen LogP contribution in [0.5, 0.6) is 0 Å². The molecule has 0 aliphatic heterocycles. The SMILES string of the molecule is Cc1ccccc1-c1ccccc1C(c1ccccc1-c1ccccc1C)c1cc(-c2ccc(N(c3ccccc3)c3cccc4c3oc3ccccc34)cc2)ccc1-c1ccccc1C. The van der Waals surface area contributed by atoms with Crippen LogP contribution < -0.4 is 4.90 Å². The molecule has 0 aliphatic carbocycles. The zero-order valence-electron chi connectivity index (χ0n) is 37.4. The van der Waals surface area contributed by atoms with Gasteiger partial charge in [0, 0.05) is 28.1 Å². The third kappa shape index (κ3) is 7.37. The predicted octanol–water partition coefficient (Wildman–Crippen LogP) is 17.8. The van der Waals surface area contributed by atoms with Gasteiger partial charge in [0.25, 0.3) is 0 Å². The van der Waals surface area contributed by atoms with Gasteiger partial charge in [-0.25, -0.2) is 0 Å². The second kappa shape index (κ2) is 17.4. The van der Waals surface area contributed by atoms with E-state index in [1.54, 1.807) is 0 Å². The number of fused-ring (bicyclic) bond motifs is 3. The highest BCUT2D eigenvalue weighted by Crippen LogP contribution is 2.48. The van der Waals surface area contributed by atoms with Crippen molar-refractivity contribution in [1.82, 2.24) is 0 Å². The molecule has 2 nitrogen and oxygen atoms in total. The zero-order chi connectivity index (χ0) is 44.6. The molecule has 0 radical (unpaired) electrons. The summed E-state index contributed by atoms with van der Waals surface area (Å²) in [6.07, 6.45) is 0. The summed E-state index contributed by atoms with van der Waals surface area (Å²) >= 11 is 0. The van der Waals surface area contributed by atoms with Crippen LogP contribution in [0.4, 0.5) is 17.1 Å². The van der Waals surface area contributed by atoms with Gasteiger partial charge in [-0.05, 0) is 141 Å². The third-order valence-corrected chi connectivity index (χ3v) is 13.3. The summed E-state index contributed by atoms with van der Waals surface area (Å²) in [5, 5.41) is 2.22. The van der Waals surface area contributed by atoms with E-state index in [9.17, 15) is 0 Å². The zero-order valence-corrected chi connectivity index (χ0v) is 37.4. The molecule has 66 heavy (non-hydrogen) atoms. The maximum absolute atomic E-state index is 6.61. The summed E-state index contributed by atoms with van der Waals surface area (Å²) < 4.78 is 6.61. The lowest BCUT2D eigenvalue weighted by atomic mass is 9.75. The highest BCUT2D eigenvalue weighted by molar-refractivity contribution is 6.10. The van der Waals surface area contributed by atoms with Gasteiger partial charge < -0.3 is 9.32 Å². The molecule has 0 aliphatic rings. The quantitative estimate of drug-likeness (QED) is 0.128. The minimum absolute atomic E-state index is 0.122. The summed E-state index contributed by atoms with van der Waals surface area (Å²) in [4.78, 5) is 2.31. The van der Waals surface area contributed by atoms with Crippen LogP contribution in [0.3, 0.4) is 0 Å². The van der Waals surface area contributed by atoms with Gasteiger partial charge in [-0.1, -0.05) is 194 Å². The average molecular weight is 848 g/mol. The highest BCUT2D eigenvalue weighted by atomic mass is 16.3. The molecule has 11 rings (SSSR count). The first-order valence-corrected chi connectivity index (χ1v) is 22.9. The van der Waals surface area contributed by atoms with Gasteiger partial charge in [0.1, 0.15) is 5.58 Å². The summed E-state index contributed by atoms with van der Waals surface area (Å²) in [6, 6.07) is 86.0. The van der Waals surface area contributed by atoms with Gasteiger partial charge in [-0.15, -0.1) is 0 Å². The fourth-order valence-electron chi connectivity index (χ4n) is 10.1. The molecule has 10 aromatic carbocycles.